The molecular weight excluding hydrogens is 526 g/mol. The SMILES string of the molecule is COC1=C(C)C(=O)C2=C(C1=O)[C@H](CNC(=O)[C@H](C)N)N1C(C2)[C@H]2c3c(cc(C)c(OC)c3O)C3(C)C[C@@H]([C@@H]1C#N)N23. The number of carbonyl (C=O) groups excluding carboxylic acids is 3. The number of hydrogen-bond donors (Lipinski definition) is 3. The number of benzene rings is 1. The summed E-state index contributed by atoms with van der Waals surface area (Å²) in [6, 6.07) is 1.34. The molecule has 11 heteroatoms. The first-order chi connectivity index (χ1) is 19.4. The van der Waals surface area contributed by atoms with Crippen LogP contribution in [0.2, 0.25) is 0 Å². The molecule has 1 aromatic rings. The van der Waals surface area contributed by atoms with Crippen LogP contribution < -0.4 is 15.8 Å². The van der Waals surface area contributed by atoms with Crippen LogP contribution in [0.4, 0.5) is 0 Å². The van der Waals surface area contributed by atoms with Gasteiger partial charge in [0.25, 0.3) is 0 Å². The number of aromatic hydroxyl groups is 1. The van der Waals surface area contributed by atoms with Crippen LogP contribution >= 0.6 is 0 Å². The minimum Gasteiger partial charge on any atom is -0.504 e. The molecule has 41 heavy (non-hydrogen) atoms. The highest BCUT2D eigenvalue weighted by Gasteiger charge is 2.69. The average Bonchev–Trinajstić information content (AvgIpc) is 3.14. The number of hydrogen-bond acceptors (Lipinski definition) is 10. The van der Waals surface area contributed by atoms with Crippen molar-refractivity contribution >= 4 is 17.5 Å². The van der Waals surface area contributed by atoms with Gasteiger partial charge in [-0.15, -0.1) is 0 Å². The molecule has 7 atom stereocenters. The van der Waals surface area contributed by atoms with E-state index in [2.05, 4.69) is 29.3 Å². The largest absolute Gasteiger partial charge is 0.504 e. The van der Waals surface area contributed by atoms with E-state index < -0.39 is 41.4 Å². The highest BCUT2D eigenvalue weighted by molar-refractivity contribution is 6.25. The van der Waals surface area contributed by atoms with E-state index in [1.165, 1.54) is 14.2 Å². The van der Waals surface area contributed by atoms with Gasteiger partial charge < -0.3 is 25.6 Å². The van der Waals surface area contributed by atoms with Crippen molar-refractivity contribution in [2.45, 2.75) is 82.3 Å². The van der Waals surface area contributed by atoms with Gasteiger partial charge in [0.1, 0.15) is 6.04 Å². The summed E-state index contributed by atoms with van der Waals surface area (Å²) in [6.07, 6.45) is 0.867. The third-order valence-electron chi connectivity index (χ3n) is 9.88. The number of nitrogens with two attached hydrogens (primary N) is 1. The lowest BCUT2D eigenvalue weighted by Gasteiger charge is -2.65. The molecular formula is C30H35N5O6. The summed E-state index contributed by atoms with van der Waals surface area (Å²) in [5, 5.41) is 25.0. The van der Waals surface area contributed by atoms with Crippen LogP contribution in [0.25, 0.3) is 0 Å². The number of phenols is 1. The second kappa shape index (κ2) is 9.14. The minimum atomic E-state index is -0.784. The number of methoxy groups -OCH3 is 2. The smallest absolute Gasteiger partial charge is 0.236 e. The predicted molar refractivity (Wildman–Crippen MR) is 147 cm³/mol. The van der Waals surface area contributed by atoms with Crippen LogP contribution in [-0.4, -0.2) is 83.4 Å². The molecule has 6 rings (SSSR count). The van der Waals surface area contributed by atoms with Crippen LogP contribution in [-0.2, 0) is 24.7 Å². The Bertz CT molecular complexity index is 1520. The first-order valence-electron chi connectivity index (χ1n) is 13.9. The van der Waals surface area contributed by atoms with Gasteiger partial charge in [0, 0.05) is 46.5 Å². The number of ether oxygens (including phenoxy) is 2. The van der Waals surface area contributed by atoms with Gasteiger partial charge in [-0.25, -0.2) is 0 Å². The van der Waals surface area contributed by atoms with Crippen molar-refractivity contribution in [1.82, 2.24) is 15.1 Å². The van der Waals surface area contributed by atoms with Gasteiger partial charge in [0.2, 0.25) is 11.7 Å². The number of nitriles is 1. The molecule has 4 N–H and O–H groups in total. The average molecular weight is 562 g/mol. The monoisotopic (exact) mass is 561 g/mol. The van der Waals surface area contributed by atoms with Gasteiger partial charge in [-0.05, 0) is 57.7 Å². The minimum absolute atomic E-state index is 0.0181. The third kappa shape index (κ3) is 3.38. The summed E-state index contributed by atoms with van der Waals surface area (Å²) >= 11 is 0. The van der Waals surface area contributed by atoms with E-state index in [4.69, 9.17) is 15.2 Å². The Morgan fingerprint density at radius 2 is 1.98 bits per heavy atom. The topological polar surface area (TPSA) is 158 Å². The second-order valence-corrected chi connectivity index (χ2v) is 12.0. The van der Waals surface area contributed by atoms with Crippen molar-refractivity contribution in [3.05, 3.63) is 45.2 Å². The molecule has 2 saturated heterocycles. The molecule has 0 bridgehead atoms. The van der Waals surface area contributed by atoms with Gasteiger partial charge in [-0.3, -0.25) is 24.2 Å². The van der Waals surface area contributed by atoms with Crippen LogP contribution in [0.3, 0.4) is 0 Å². The lowest BCUT2D eigenvalue weighted by molar-refractivity contribution is -0.176. The van der Waals surface area contributed by atoms with Gasteiger partial charge in [-0.2, -0.15) is 5.26 Å². The van der Waals surface area contributed by atoms with E-state index in [0.29, 0.717) is 17.7 Å². The third-order valence-corrected chi connectivity index (χ3v) is 9.88. The fraction of sp³-hybridized carbons (Fsp3) is 0.533. The quantitative estimate of drug-likeness (QED) is 0.447. The van der Waals surface area contributed by atoms with Gasteiger partial charge >= 0.3 is 0 Å². The van der Waals surface area contributed by atoms with Crippen LogP contribution in [0.15, 0.2) is 28.5 Å². The lowest BCUT2D eigenvalue weighted by Crippen LogP contribution is -2.76. The van der Waals surface area contributed by atoms with Crippen molar-refractivity contribution in [1.29, 1.82) is 5.26 Å². The molecule has 1 aliphatic carbocycles. The van der Waals surface area contributed by atoms with E-state index >= 15 is 0 Å². The zero-order valence-electron chi connectivity index (χ0n) is 24.1. The molecule has 11 nitrogen and oxygen atoms in total. The molecule has 0 saturated carbocycles. The predicted octanol–water partition coefficient (Wildman–Crippen LogP) is 1.23. The van der Waals surface area contributed by atoms with Crippen LogP contribution in [0.5, 0.6) is 11.5 Å². The number of aryl methyl sites for hydroxylation is 1. The Labute approximate surface area is 238 Å². The fourth-order valence-corrected chi connectivity index (χ4v) is 8.18. The molecule has 0 spiro atoms. The number of phenolic OH excluding ortho intramolecular Hbond substituents is 1. The van der Waals surface area contributed by atoms with Crippen molar-refractivity contribution in [3.8, 4) is 17.6 Å². The number of allylic oxidation sites excluding steroid dienone is 2. The summed E-state index contributed by atoms with van der Waals surface area (Å²) in [4.78, 5) is 44.5. The molecule has 5 aliphatic rings. The van der Waals surface area contributed by atoms with E-state index in [-0.39, 0.29) is 53.5 Å². The van der Waals surface area contributed by atoms with E-state index in [1.54, 1.807) is 13.8 Å². The molecule has 4 aliphatic heterocycles. The molecule has 216 valence electrons. The summed E-state index contributed by atoms with van der Waals surface area (Å²) in [5.41, 5.74) is 8.78. The van der Waals surface area contributed by atoms with Gasteiger partial charge in [0.15, 0.2) is 23.0 Å². The number of nitrogens with zero attached hydrogens (tertiary/aromatic N) is 3. The van der Waals surface area contributed by atoms with Crippen molar-refractivity contribution < 1.29 is 29.0 Å². The Morgan fingerprint density at radius 1 is 1.27 bits per heavy atom. The fourth-order valence-electron chi connectivity index (χ4n) is 8.18. The Kier molecular flexibility index (Phi) is 6.12. The van der Waals surface area contributed by atoms with Gasteiger partial charge in [-0.1, -0.05) is 0 Å². The Morgan fingerprint density at radius 3 is 2.59 bits per heavy atom. The summed E-state index contributed by atoms with van der Waals surface area (Å²) in [7, 11) is 2.87. The zero-order valence-corrected chi connectivity index (χ0v) is 24.1. The van der Waals surface area contributed by atoms with Gasteiger partial charge in [0.05, 0.1) is 38.4 Å². The second-order valence-electron chi connectivity index (χ2n) is 12.0. The van der Waals surface area contributed by atoms with Crippen molar-refractivity contribution in [2.24, 2.45) is 5.73 Å². The lowest BCUT2D eigenvalue weighted by atomic mass is 9.69. The molecule has 2 fully saturated rings. The Balaban J connectivity index is 1.56. The number of ketones is 2. The molecule has 0 aromatic heterocycles. The molecule has 2 unspecified atom stereocenters. The first-order valence-corrected chi connectivity index (χ1v) is 13.9. The van der Waals surface area contributed by atoms with E-state index in [9.17, 15) is 24.8 Å². The number of Topliss-reactive ketones (excluding diaryl/α,β-unsaturated/α-hetero) is 2. The highest BCUT2D eigenvalue weighted by atomic mass is 16.5. The first kappa shape index (κ1) is 27.4. The molecule has 1 aromatic carbocycles. The molecule has 4 heterocycles. The summed E-state index contributed by atoms with van der Waals surface area (Å²) < 4.78 is 11.0. The molecule has 1 amide bonds. The number of amides is 1. The van der Waals surface area contributed by atoms with Crippen molar-refractivity contribution in [2.75, 3.05) is 20.8 Å². The highest BCUT2D eigenvalue weighted by Crippen LogP contribution is 2.66. The van der Waals surface area contributed by atoms with E-state index in [1.807, 2.05) is 11.8 Å². The normalized spacial score (nSPS) is 32.8. The number of piperazine rings is 1. The zero-order chi connectivity index (χ0) is 29.7. The summed E-state index contributed by atoms with van der Waals surface area (Å²) in [5.74, 6) is -0.682. The standard InChI is InChI=1S/C30H35N5O6/c1-12-7-16-22(26(38)27(12)40-5)23-17-8-15-21(25(37)28(41-6)13(2)24(15)36)20(11-33-29(39)14(3)32)34(17)19(10-31)18-9-30(16,4)35(18)23/h7,14,17-20,23,38H,8-9,11,32H2,1-6H3,(H,33,39)/t14-,17?,18-,19-,20-,23-,30?/m0/s1. The molecule has 0 radical (unpaired) electrons. The maximum atomic E-state index is 13.8. The number of rotatable bonds is 5. The Hall–Kier alpha value is -3.72. The van der Waals surface area contributed by atoms with Crippen LogP contribution in [0.1, 0.15) is 56.3 Å². The maximum Gasteiger partial charge on any atom is 0.236 e. The van der Waals surface area contributed by atoms with E-state index in [0.717, 1.165) is 16.7 Å². The number of fused-ring (bicyclic) bond motifs is 5. The maximum absolute atomic E-state index is 13.8. The number of carbonyl (C=O) groups is 3. The van der Waals surface area contributed by atoms with Crippen LogP contribution in [0, 0.1) is 18.3 Å². The number of nitrogens with one attached hydrogen (secondary N) is 1. The summed E-state index contributed by atoms with van der Waals surface area (Å²) in [6.45, 7) is 7.14. The van der Waals surface area contributed by atoms with Crippen molar-refractivity contribution in [3.63, 3.8) is 0 Å².